The quantitative estimate of drug-likeness (QED) is 0.893. The Balaban J connectivity index is 2.16. The van der Waals surface area contributed by atoms with Gasteiger partial charge < -0.3 is 15.0 Å². The largest absolute Gasteiger partial charge is 0.495 e. The highest BCUT2D eigenvalue weighted by molar-refractivity contribution is 6.32. The number of anilines is 1. The molecule has 1 saturated heterocycles. The van der Waals surface area contributed by atoms with Crippen LogP contribution in [0.3, 0.4) is 0 Å². The molecule has 0 aromatic heterocycles. The first-order valence-electron chi connectivity index (χ1n) is 5.87. The van der Waals surface area contributed by atoms with Crippen LogP contribution in [0.5, 0.6) is 5.75 Å². The Morgan fingerprint density at radius 3 is 2.71 bits per heavy atom. The average molecular weight is 255 g/mol. The lowest BCUT2D eigenvalue weighted by Crippen LogP contribution is -2.47. The van der Waals surface area contributed by atoms with Gasteiger partial charge in [0.15, 0.2) is 0 Å². The predicted molar refractivity (Wildman–Crippen MR) is 72.4 cm³/mol. The first-order chi connectivity index (χ1) is 8.11. The third kappa shape index (κ3) is 2.67. The van der Waals surface area contributed by atoms with E-state index in [0.29, 0.717) is 5.02 Å². The van der Waals surface area contributed by atoms with E-state index in [1.165, 1.54) is 11.3 Å². The highest BCUT2D eigenvalue weighted by atomic mass is 35.5. The van der Waals surface area contributed by atoms with Gasteiger partial charge in [-0.25, -0.2) is 0 Å². The van der Waals surface area contributed by atoms with E-state index in [0.717, 1.165) is 31.3 Å². The monoisotopic (exact) mass is 254 g/mol. The fraction of sp³-hybridized carbons (Fsp3) is 0.538. The topological polar surface area (TPSA) is 24.5 Å². The molecule has 1 fully saturated rings. The van der Waals surface area contributed by atoms with Crippen LogP contribution in [0.1, 0.15) is 5.56 Å². The number of ether oxygens (including phenoxy) is 1. The van der Waals surface area contributed by atoms with Crippen molar-refractivity contribution in [3.63, 3.8) is 0 Å². The number of hydrogen-bond acceptors (Lipinski definition) is 3. The van der Waals surface area contributed by atoms with E-state index in [2.05, 4.69) is 24.2 Å². The molecular formula is C13H19ClN2O. The molecule has 1 aliphatic heterocycles. The molecule has 1 heterocycles. The second kappa shape index (κ2) is 5.15. The maximum atomic E-state index is 6.17. The number of nitrogens with zero attached hydrogens (tertiary/aromatic N) is 1. The number of halogens is 1. The number of rotatable bonds is 4. The summed E-state index contributed by atoms with van der Waals surface area (Å²) in [5.41, 5.74) is 2.38. The first kappa shape index (κ1) is 12.5. The van der Waals surface area contributed by atoms with Crippen LogP contribution in [-0.2, 0) is 0 Å². The highest BCUT2D eigenvalue weighted by Crippen LogP contribution is 2.32. The van der Waals surface area contributed by atoms with Crippen molar-refractivity contribution in [2.45, 2.75) is 6.92 Å². The summed E-state index contributed by atoms with van der Waals surface area (Å²) in [6.07, 6.45) is 0. The number of aryl methyl sites for hydroxylation is 1. The summed E-state index contributed by atoms with van der Waals surface area (Å²) in [4.78, 5) is 2.27. The van der Waals surface area contributed by atoms with Gasteiger partial charge in [0.25, 0.3) is 0 Å². The van der Waals surface area contributed by atoms with Crippen molar-refractivity contribution in [1.82, 2.24) is 5.32 Å². The maximum Gasteiger partial charge on any atom is 0.137 e. The molecule has 3 nitrogen and oxygen atoms in total. The summed E-state index contributed by atoms with van der Waals surface area (Å²) < 4.78 is 5.21. The van der Waals surface area contributed by atoms with Gasteiger partial charge in [0.2, 0.25) is 0 Å². The van der Waals surface area contributed by atoms with Gasteiger partial charge in [-0.1, -0.05) is 11.6 Å². The molecule has 0 amide bonds. The van der Waals surface area contributed by atoms with Crippen molar-refractivity contribution >= 4 is 17.3 Å². The molecule has 0 bridgehead atoms. The summed E-state index contributed by atoms with van der Waals surface area (Å²) in [7, 11) is 3.76. The van der Waals surface area contributed by atoms with E-state index >= 15 is 0 Å². The van der Waals surface area contributed by atoms with Crippen LogP contribution in [0, 0.1) is 12.8 Å². The third-order valence-electron chi connectivity index (χ3n) is 3.28. The summed E-state index contributed by atoms with van der Waals surface area (Å²) in [6.45, 7) is 5.39. The molecule has 0 atom stereocenters. The normalized spacial score (nSPS) is 15.5. The lowest BCUT2D eigenvalue weighted by molar-refractivity contribution is 0.353. The second-order valence-electron chi connectivity index (χ2n) is 4.68. The van der Waals surface area contributed by atoms with Gasteiger partial charge in [0.05, 0.1) is 12.1 Å². The minimum atomic E-state index is 0.673. The highest BCUT2D eigenvalue weighted by Gasteiger charge is 2.19. The van der Waals surface area contributed by atoms with Crippen molar-refractivity contribution in [3.05, 3.63) is 22.7 Å². The zero-order valence-corrected chi connectivity index (χ0v) is 11.3. The smallest absolute Gasteiger partial charge is 0.137 e. The van der Waals surface area contributed by atoms with Crippen molar-refractivity contribution in [3.8, 4) is 5.75 Å². The fourth-order valence-corrected chi connectivity index (χ4v) is 2.41. The predicted octanol–water partition coefficient (Wildman–Crippen LogP) is 2.31. The lowest BCUT2D eigenvalue weighted by Gasteiger charge is -2.33. The summed E-state index contributed by atoms with van der Waals surface area (Å²) in [5, 5.41) is 3.96. The van der Waals surface area contributed by atoms with Crippen LogP contribution in [0.25, 0.3) is 0 Å². The molecule has 4 heteroatoms. The Morgan fingerprint density at radius 1 is 1.47 bits per heavy atom. The standard InChI is InChI=1S/C13H19ClN2O/c1-9-4-13(17-3)11(14)5-12(9)16(2)8-10-6-15-7-10/h4-5,10,15H,6-8H2,1-3H3. The number of hydrogen-bond donors (Lipinski definition) is 1. The van der Waals surface area contributed by atoms with E-state index < -0.39 is 0 Å². The molecule has 2 rings (SSSR count). The molecule has 0 spiro atoms. The average Bonchev–Trinajstić information content (AvgIpc) is 2.25. The second-order valence-corrected chi connectivity index (χ2v) is 5.09. The van der Waals surface area contributed by atoms with Crippen LogP contribution in [0.4, 0.5) is 5.69 Å². The maximum absolute atomic E-state index is 6.17. The molecule has 94 valence electrons. The Labute approximate surface area is 108 Å². The van der Waals surface area contributed by atoms with Gasteiger partial charge in [-0.15, -0.1) is 0 Å². The van der Waals surface area contributed by atoms with Crippen molar-refractivity contribution in [2.75, 3.05) is 38.7 Å². The Morgan fingerprint density at radius 2 is 2.18 bits per heavy atom. The van der Waals surface area contributed by atoms with Crippen molar-refractivity contribution in [2.24, 2.45) is 5.92 Å². The minimum Gasteiger partial charge on any atom is -0.495 e. The minimum absolute atomic E-state index is 0.673. The van der Waals surface area contributed by atoms with Gasteiger partial charge in [-0.05, 0) is 24.6 Å². The zero-order chi connectivity index (χ0) is 12.4. The van der Waals surface area contributed by atoms with Crippen LogP contribution in [0.2, 0.25) is 5.02 Å². The molecule has 1 N–H and O–H groups in total. The first-order valence-corrected chi connectivity index (χ1v) is 6.25. The molecule has 0 radical (unpaired) electrons. The molecule has 17 heavy (non-hydrogen) atoms. The van der Waals surface area contributed by atoms with Gasteiger partial charge >= 0.3 is 0 Å². The summed E-state index contributed by atoms with van der Waals surface area (Å²) in [6, 6.07) is 3.98. The molecule has 1 aromatic carbocycles. The van der Waals surface area contributed by atoms with E-state index in [1.807, 2.05) is 12.1 Å². The van der Waals surface area contributed by atoms with Crippen molar-refractivity contribution in [1.29, 1.82) is 0 Å². The van der Waals surface area contributed by atoms with Gasteiger partial charge in [-0.2, -0.15) is 0 Å². The van der Waals surface area contributed by atoms with Gasteiger partial charge in [0.1, 0.15) is 5.75 Å². The van der Waals surface area contributed by atoms with Crippen LogP contribution in [0.15, 0.2) is 12.1 Å². The molecule has 1 aliphatic rings. The van der Waals surface area contributed by atoms with E-state index in [1.54, 1.807) is 7.11 Å². The third-order valence-corrected chi connectivity index (χ3v) is 3.58. The number of benzene rings is 1. The Bertz CT molecular complexity index is 405. The SMILES string of the molecule is COc1cc(C)c(N(C)CC2CNC2)cc1Cl. The Hall–Kier alpha value is -0.930. The van der Waals surface area contributed by atoms with Crippen molar-refractivity contribution < 1.29 is 4.74 Å². The zero-order valence-electron chi connectivity index (χ0n) is 10.6. The van der Waals surface area contributed by atoms with Crippen LogP contribution < -0.4 is 15.0 Å². The molecule has 0 aliphatic carbocycles. The number of methoxy groups -OCH3 is 1. The molecular weight excluding hydrogens is 236 g/mol. The van der Waals surface area contributed by atoms with Crippen LogP contribution >= 0.6 is 11.6 Å². The van der Waals surface area contributed by atoms with E-state index in [9.17, 15) is 0 Å². The van der Waals surface area contributed by atoms with Gasteiger partial charge in [0, 0.05) is 38.3 Å². The lowest BCUT2D eigenvalue weighted by atomic mass is 10.0. The number of nitrogens with one attached hydrogen (secondary N) is 1. The van der Waals surface area contributed by atoms with Crippen LogP contribution in [-0.4, -0.2) is 33.8 Å². The fourth-order valence-electron chi connectivity index (χ4n) is 2.18. The summed E-state index contributed by atoms with van der Waals surface area (Å²) in [5.74, 6) is 1.49. The molecule has 0 saturated carbocycles. The molecule has 0 unspecified atom stereocenters. The van der Waals surface area contributed by atoms with E-state index in [-0.39, 0.29) is 0 Å². The van der Waals surface area contributed by atoms with Gasteiger partial charge in [-0.3, -0.25) is 0 Å². The molecule has 1 aromatic rings. The Kier molecular flexibility index (Phi) is 3.79. The van der Waals surface area contributed by atoms with E-state index in [4.69, 9.17) is 16.3 Å². The summed E-state index contributed by atoms with van der Waals surface area (Å²) >= 11 is 6.17.